The molecule has 0 unspecified atom stereocenters. The van der Waals surface area contributed by atoms with Gasteiger partial charge in [0.1, 0.15) is 4.88 Å². The monoisotopic (exact) mass is 312 g/mol. The Balaban J connectivity index is 2.88. The summed E-state index contributed by atoms with van der Waals surface area (Å²) in [6, 6.07) is 0. The van der Waals surface area contributed by atoms with Gasteiger partial charge in [0.05, 0.1) is 11.1 Å². The molecular weight excluding hydrogens is 308 g/mol. The third-order valence-corrected chi connectivity index (χ3v) is 4.66. The molecular formula is C7H6Br2O2S. The molecule has 0 aromatic carbocycles. The van der Waals surface area contributed by atoms with Crippen molar-refractivity contribution < 1.29 is 9.53 Å². The average Bonchev–Trinajstić information content (AvgIpc) is 2.34. The number of ether oxygens (including phenoxy) is 1. The second kappa shape index (κ2) is 4.39. The molecule has 0 aliphatic rings. The van der Waals surface area contributed by atoms with Crippen molar-refractivity contribution >= 4 is 49.2 Å². The Morgan fingerprint density at radius 1 is 1.67 bits per heavy atom. The van der Waals surface area contributed by atoms with Crippen molar-refractivity contribution in [1.29, 1.82) is 0 Å². The standard InChI is InChI=1S/C7H6Br2O2S/c1-2-11-7(10)6-5(9)4(8)3-12-6/h3H,2H2,1H3. The van der Waals surface area contributed by atoms with Gasteiger partial charge in [0.25, 0.3) is 0 Å². The van der Waals surface area contributed by atoms with Crippen molar-refractivity contribution in [2.75, 3.05) is 6.61 Å². The lowest BCUT2D eigenvalue weighted by atomic mass is 10.5. The number of hydrogen-bond donors (Lipinski definition) is 0. The zero-order valence-electron chi connectivity index (χ0n) is 6.27. The highest BCUT2D eigenvalue weighted by Crippen LogP contribution is 2.32. The lowest BCUT2D eigenvalue weighted by molar-refractivity contribution is 0.0531. The summed E-state index contributed by atoms with van der Waals surface area (Å²) in [6.45, 7) is 2.19. The highest BCUT2D eigenvalue weighted by Gasteiger charge is 2.15. The van der Waals surface area contributed by atoms with E-state index in [0.29, 0.717) is 11.5 Å². The maximum atomic E-state index is 11.2. The third kappa shape index (κ3) is 2.08. The number of carbonyl (C=O) groups excluding carboxylic acids is 1. The van der Waals surface area contributed by atoms with E-state index in [1.807, 2.05) is 5.38 Å². The second-order valence-corrected chi connectivity index (χ2v) is 4.47. The van der Waals surface area contributed by atoms with Crippen LogP contribution in [0.5, 0.6) is 0 Å². The zero-order chi connectivity index (χ0) is 9.14. The predicted molar refractivity (Wildman–Crippen MR) is 55.7 cm³/mol. The minimum atomic E-state index is -0.278. The molecule has 0 atom stereocenters. The Bertz CT molecular complexity index is 296. The maximum Gasteiger partial charge on any atom is 0.349 e. The minimum Gasteiger partial charge on any atom is -0.462 e. The summed E-state index contributed by atoms with van der Waals surface area (Å²) in [5, 5.41) is 1.84. The largest absolute Gasteiger partial charge is 0.462 e. The first-order valence-electron chi connectivity index (χ1n) is 3.26. The Morgan fingerprint density at radius 3 is 2.75 bits per heavy atom. The quantitative estimate of drug-likeness (QED) is 0.782. The van der Waals surface area contributed by atoms with Crippen LogP contribution in [0.1, 0.15) is 16.6 Å². The first kappa shape index (κ1) is 10.2. The van der Waals surface area contributed by atoms with Crippen molar-refractivity contribution in [1.82, 2.24) is 0 Å². The third-order valence-electron chi connectivity index (χ3n) is 1.15. The van der Waals surface area contributed by atoms with Crippen LogP contribution in [0.2, 0.25) is 0 Å². The molecule has 2 nitrogen and oxygen atoms in total. The molecule has 0 aliphatic heterocycles. The Kier molecular flexibility index (Phi) is 3.74. The highest BCUT2D eigenvalue weighted by atomic mass is 79.9. The summed E-state index contributed by atoms with van der Waals surface area (Å²) in [5.41, 5.74) is 0. The van der Waals surface area contributed by atoms with Crippen LogP contribution in [0, 0.1) is 0 Å². The van der Waals surface area contributed by atoms with Gasteiger partial charge in [-0.3, -0.25) is 0 Å². The first-order valence-corrected chi connectivity index (χ1v) is 5.73. The van der Waals surface area contributed by atoms with E-state index < -0.39 is 0 Å². The van der Waals surface area contributed by atoms with Crippen LogP contribution in [0.3, 0.4) is 0 Å². The average molecular weight is 314 g/mol. The fourth-order valence-electron chi connectivity index (χ4n) is 0.657. The molecule has 1 aromatic heterocycles. The number of carbonyl (C=O) groups is 1. The van der Waals surface area contributed by atoms with Crippen molar-refractivity contribution in [3.05, 3.63) is 19.2 Å². The van der Waals surface area contributed by atoms with Gasteiger partial charge >= 0.3 is 5.97 Å². The molecule has 0 fully saturated rings. The summed E-state index contributed by atoms with van der Waals surface area (Å²) in [7, 11) is 0. The topological polar surface area (TPSA) is 26.3 Å². The number of halogens is 2. The van der Waals surface area contributed by atoms with E-state index in [9.17, 15) is 4.79 Å². The summed E-state index contributed by atoms with van der Waals surface area (Å²) >= 11 is 7.93. The summed E-state index contributed by atoms with van der Waals surface area (Å²) in [5.74, 6) is -0.278. The van der Waals surface area contributed by atoms with Crippen LogP contribution >= 0.6 is 43.2 Å². The molecule has 1 rings (SSSR count). The van der Waals surface area contributed by atoms with Gasteiger partial charge in [-0.1, -0.05) is 0 Å². The highest BCUT2D eigenvalue weighted by molar-refractivity contribution is 9.13. The number of esters is 1. The van der Waals surface area contributed by atoms with Crippen LogP contribution in [0.15, 0.2) is 14.3 Å². The first-order chi connectivity index (χ1) is 5.66. The fourth-order valence-corrected chi connectivity index (χ4v) is 2.68. The Morgan fingerprint density at radius 2 is 2.33 bits per heavy atom. The molecule has 0 N–H and O–H groups in total. The lowest BCUT2D eigenvalue weighted by Gasteiger charge is -1.98. The molecule has 1 heterocycles. The van der Waals surface area contributed by atoms with E-state index in [0.717, 1.165) is 8.95 Å². The second-order valence-electron chi connectivity index (χ2n) is 1.95. The lowest BCUT2D eigenvalue weighted by Crippen LogP contribution is -2.02. The van der Waals surface area contributed by atoms with Gasteiger partial charge in [-0.25, -0.2) is 4.79 Å². The normalized spacial score (nSPS) is 9.92. The Hall–Kier alpha value is 0.130. The summed E-state index contributed by atoms with van der Waals surface area (Å²) < 4.78 is 6.50. The predicted octanol–water partition coefficient (Wildman–Crippen LogP) is 3.45. The molecule has 0 saturated heterocycles. The Labute approximate surface area is 91.2 Å². The van der Waals surface area contributed by atoms with Crippen LogP contribution in [-0.2, 0) is 4.74 Å². The van der Waals surface area contributed by atoms with E-state index in [1.54, 1.807) is 6.92 Å². The van der Waals surface area contributed by atoms with E-state index in [2.05, 4.69) is 31.9 Å². The molecule has 0 saturated carbocycles. The maximum absolute atomic E-state index is 11.2. The van der Waals surface area contributed by atoms with Crippen molar-refractivity contribution in [3.63, 3.8) is 0 Å². The van der Waals surface area contributed by atoms with E-state index in [4.69, 9.17) is 4.74 Å². The zero-order valence-corrected chi connectivity index (χ0v) is 10.3. The van der Waals surface area contributed by atoms with Gasteiger partial charge in [-0.05, 0) is 38.8 Å². The van der Waals surface area contributed by atoms with Crippen LogP contribution in [0.25, 0.3) is 0 Å². The van der Waals surface area contributed by atoms with Crippen LogP contribution in [0.4, 0.5) is 0 Å². The molecule has 66 valence electrons. The number of hydrogen-bond acceptors (Lipinski definition) is 3. The molecule has 0 bridgehead atoms. The van der Waals surface area contributed by atoms with Gasteiger partial charge in [-0.2, -0.15) is 0 Å². The van der Waals surface area contributed by atoms with Crippen molar-refractivity contribution in [2.45, 2.75) is 6.92 Å². The smallest absolute Gasteiger partial charge is 0.349 e. The molecule has 0 amide bonds. The van der Waals surface area contributed by atoms with Crippen LogP contribution in [-0.4, -0.2) is 12.6 Å². The van der Waals surface area contributed by atoms with Gasteiger partial charge in [-0.15, -0.1) is 11.3 Å². The molecule has 0 radical (unpaired) electrons. The van der Waals surface area contributed by atoms with Crippen LogP contribution < -0.4 is 0 Å². The van der Waals surface area contributed by atoms with Gasteiger partial charge in [0.15, 0.2) is 0 Å². The number of thiophene rings is 1. The SMILES string of the molecule is CCOC(=O)c1scc(Br)c1Br. The number of rotatable bonds is 2. The van der Waals surface area contributed by atoms with Gasteiger partial charge in [0, 0.05) is 9.85 Å². The molecule has 1 aromatic rings. The molecule has 0 aliphatic carbocycles. The minimum absolute atomic E-state index is 0.278. The van der Waals surface area contributed by atoms with Crippen molar-refractivity contribution in [2.24, 2.45) is 0 Å². The molecule has 12 heavy (non-hydrogen) atoms. The molecule has 5 heteroatoms. The van der Waals surface area contributed by atoms with Crippen molar-refractivity contribution in [3.8, 4) is 0 Å². The fraction of sp³-hybridized carbons (Fsp3) is 0.286. The van der Waals surface area contributed by atoms with Gasteiger partial charge in [0.2, 0.25) is 0 Å². The van der Waals surface area contributed by atoms with Gasteiger partial charge < -0.3 is 4.74 Å². The summed E-state index contributed by atoms with van der Waals surface area (Å²) in [6.07, 6.45) is 0. The molecule has 0 spiro atoms. The van der Waals surface area contributed by atoms with E-state index in [-0.39, 0.29) is 5.97 Å². The van der Waals surface area contributed by atoms with E-state index in [1.165, 1.54) is 11.3 Å². The summed E-state index contributed by atoms with van der Waals surface area (Å²) in [4.78, 5) is 11.8. The van der Waals surface area contributed by atoms with E-state index >= 15 is 0 Å².